The molecule has 1 aromatic rings. The smallest absolute Gasteiger partial charge is 0.254 e. The number of benzene rings is 1. The maximum atomic E-state index is 13.5. The minimum atomic E-state index is -0.800. The maximum Gasteiger partial charge on any atom is 0.254 e. The second-order valence-corrected chi connectivity index (χ2v) is 7.06. The van der Waals surface area contributed by atoms with Gasteiger partial charge in [0, 0.05) is 38.9 Å². The first kappa shape index (κ1) is 19.7. The molecule has 27 heavy (non-hydrogen) atoms. The molecule has 148 valence electrons. The van der Waals surface area contributed by atoms with Crippen LogP contribution in [-0.4, -0.2) is 74.2 Å². The van der Waals surface area contributed by atoms with Crippen molar-refractivity contribution in [3.63, 3.8) is 0 Å². The normalized spacial score (nSPS) is 25.0. The Bertz CT molecular complexity index is 693. The number of likely N-dealkylation sites (N-methyl/N-ethyl adjacent to an activating group) is 1. The Morgan fingerprint density at radius 2 is 1.96 bits per heavy atom. The zero-order valence-corrected chi connectivity index (χ0v) is 15.5. The molecule has 1 saturated heterocycles. The van der Waals surface area contributed by atoms with E-state index in [-0.39, 0.29) is 42.7 Å². The van der Waals surface area contributed by atoms with E-state index in [0.717, 1.165) is 31.0 Å². The van der Waals surface area contributed by atoms with Crippen molar-refractivity contribution in [2.45, 2.75) is 25.0 Å². The summed E-state index contributed by atoms with van der Waals surface area (Å²) >= 11 is 0. The number of hydrogen-bond donors (Lipinski definition) is 0. The molecule has 2 aliphatic rings. The lowest BCUT2D eigenvalue weighted by Gasteiger charge is -2.40. The Hall–Kier alpha value is -2.06. The minimum absolute atomic E-state index is 0.0251. The van der Waals surface area contributed by atoms with Crippen LogP contribution in [0.4, 0.5) is 8.78 Å². The van der Waals surface area contributed by atoms with E-state index in [9.17, 15) is 18.4 Å². The second kappa shape index (κ2) is 8.31. The van der Waals surface area contributed by atoms with E-state index in [1.807, 2.05) is 0 Å². The molecule has 1 aromatic carbocycles. The maximum absolute atomic E-state index is 13.5. The fourth-order valence-corrected chi connectivity index (χ4v) is 3.64. The zero-order chi connectivity index (χ0) is 19.6. The van der Waals surface area contributed by atoms with Crippen LogP contribution in [-0.2, 0) is 14.3 Å². The minimum Gasteiger partial charge on any atom is -0.381 e. The predicted molar refractivity (Wildman–Crippen MR) is 93.2 cm³/mol. The lowest BCUT2D eigenvalue weighted by atomic mass is 9.80. The van der Waals surface area contributed by atoms with Crippen LogP contribution >= 0.6 is 0 Å². The largest absolute Gasteiger partial charge is 0.381 e. The molecule has 3 rings (SSSR count). The highest BCUT2D eigenvalue weighted by Crippen LogP contribution is 2.31. The van der Waals surface area contributed by atoms with E-state index in [0.29, 0.717) is 13.2 Å². The third kappa shape index (κ3) is 4.27. The molecule has 1 unspecified atom stereocenters. The molecule has 0 radical (unpaired) electrons. The topological polar surface area (TPSA) is 59.1 Å². The number of carbonyl (C=O) groups excluding carboxylic acids is 2. The van der Waals surface area contributed by atoms with E-state index in [4.69, 9.17) is 9.47 Å². The quantitative estimate of drug-likeness (QED) is 0.778. The van der Waals surface area contributed by atoms with Gasteiger partial charge in [-0.15, -0.1) is 0 Å². The summed E-state index contributed by atoms with van der Waals surface area (Å²) in [5.74, 6) is -2.26. The molecule has 0 bridgehead atoms. The van der Waals surface area contributed by atoms with E-state index in [1.54, 1.807) is 19.1 Å². The van der Waals surface area contributed by atoms with Gasteiger partial charge in [-0.05, 0) is 25.0 Å². The number of ether oxygens (including phenoxy) is 2. The molecule has 1 aliphatic heterocycles. The Morgan fingerprint density at radius 1 is 1.26 bits per heavy atom. The Labute approximate surface area is 157 Å². The summed E-state index contributed by atoms with van der Waals surface area (Å²) in [5.41, 5.74) is -0.0492. The van der Waals surface area contributed by atoms with Gasteiger partial charge in [-0.2, -0.15) is 0 Å². The average Bonchev–Trinajstić information content (AvgIpc) is 2.60. The SMILES string of the molecule is CO[C@@H]1CC[C@H]1C(=O)N(C)CC1COCCN1C(=O)c1cc(F)cc(F)c1. The van der Waals surface area contributed by atoms with Gasteiger partial charge in [0.25, 0.3) is 5.91 Å². The molecule has 1 heterocycles. The van der Waals surface area contributed by atoms with E-state index in [2.05, 4.69) is 0 Å². The Balaban J connectivity index is 1.69. The number of rotatable bonds is 5. The van der Waals surface area contributed by atoms with Crippen molar-refractivity contribution in [1.29, 1.82) is 0 Å². The van der Waals surface area contributed by atoms with E-state index >= 15 is 0 Å². The molecule has 0 spiro atoms. The van der Waals surface area contributed by atoms with Gasteiger partial charge >= 0.3 is 0 Å². The summed E-state index contributed by atoms with van der Waals surface area (Å²) in [4.78, 5) is 28.5. The van der Waals surface area contributed by atoms with Crippen LogP contribution in [0.25, 0.3) is 0 Å². The van der Waals surface area contributed by atoms with Crippen molar-refractivity contribution in [3.05, 3.63) is 35.4 Å². The number of amides is 2. The standard InChI is InChI=1S/C19H24F2N2O4/c1-22(19(25)16-3-4-17(16)26-2)10-15-11-27-6-5-23(15)18(24)12-7-13(20)9-14(21)8-12/h7-9,15-17H,3-6,10-11H2,1-2H3/t15?,16-,17-/m1/s1. The fourth-order valence-electron chi connectivity index (χ4n) is 3.64. The van der Waals surface area contributed by atoms with Crippen LogP contribution in [0.3, 0.4) is 0 Å². The molecule has 1 saturated carbocycles. The van der Waals surface area contributed by atoms with Crippen molar-refractivity contribution >= 4 is 11.8 Å². The molecule has 6 nitrogen and oxygen atoms in total. The van der Waals surface area contributed by atoms with Gasteiger partial charge in [-0.25, -0.2) is 8.78 Å². The second-order valence-electron chi connectivity index (χ2n) is 7.06. The van der Waals surface area contributed by atoms with Gasteiger partial charge < -0.3 is 19.3 Å². The average molecular weight is 382 g/mol. The van der Waals surface area contributed by atoms with Gasteiger partial charge in [0.15, 0.2) is 0 Å². The Kier molecular flexibility index (Phi) is 6.06. The lowest BCUT2D eigenvalue weighted by molar-refractivity contribution is -0.147. The fraction of sp³-hybridized carbons (Fsp3) is 0.579. The summed E-state index contributed by atoms with van der Waals surface area (Å²) in [6.45, 7) is 1.19. The molecular weight excluding hydrogens is 358 g/mol. The van der Waals surface area contributed by atoms with E-state index in [1.165, 1.54) is 4.90 Å². The van der Waals surface area contributed by atoms with Crippen LogP contribution in [0.2, 0.25) is 0 Å². The van der Waals surface area contributed by atoms with Gasteiger partial charge in [-0.1, -0.05) is 0 Å². The first-order chi connectivity index (χ1) is 12.9. The van der Waals surface area contributed by atoms with Crippen molar-refractivity contribution in [2.75, 3.05) is 40.5 Å². The third-order valence-corrected chi connectivity index (χ3v) is 5.29. The van der Waals surface area contributed by atoms with Crippen LogP contribution in [0, 0.1) is 17.6 Å². The molecule has 1 aliphatic carbocycles. The van der Waals surface area contributed by atoms with Gasteiger partial charge in [0.1, 0.15) is 11.6 Å². The highest BCUT2D eigenvalue weighted by Gasteiger charge is 2.39. The van der Waals surface area contributed by atoms with Crippen molar-refractivity contribution in [2.24, 2.45) is 5.92 Å². The molecule has 2 fully saturated rings. The van der Waals surface area contributed by atoms with Crippen molar-refractivity contribution in [3.8, 4) is 0 Å². The number of morpholine rings is 1. The van der Waals surface area contributed by atoms with Gasteiger partial charge in [0.2, 0.25) is 5.91 Å². The summed E-state index contributed by atoms with van der Waals surface area (Å²) in [5, 5.41) is 0. The van der Waals surface area contributed by atoms with Gasteiger partial charge in [0.05, 0.1) is 31.3 Å². The first-order valence-electron chi connectivity index (χ1n) is 9.03. The number of hydrogen-bond acceptors (Lipinski definition) is 4. The molecular formula is C19H24F2N2O4. The number of carbonyl (C=O) groups is 2. The van der Waals surface area contributed by atoms with Crippen LogP contribution in [0.1, 0.15) is 23.2 Å². The molecule has 8 heteroatoms. The highest BCUT2D eigenvalue weighted by atomic mass is 19.1. The molecule has 2 amide bonds. The van der Waals surface area contributed by atoms with Crippen LogP contribution in [0.15, 0.2) is 18.2 Å². The number of methoxy groups -OCH3 is 1. The summed E-state index contributed by atoms with van der Waals surface area (Å²) in [6, 6.07) is 2.38. The monoisotopic (exact) mass is 382 g/mol. The molecule has 0 N–H and O–H groups in total. The number of nitrogens with zero attached hydrogens (tertiary/aromatic N) is 2. The summed E-state index contributed by atoms with van der Waals surface area (Å²) < 4.78 is 37.7. The predicted octanol–water partition coefficient (Wildman–Crippen LogP) is 1.69. The zero-order valence-electron chi connectivity index (χ0n) is 15.5. The molecule has 3 atom stereocenters. The molecule has 0 aromatic heterocycles. The van der Waals surface area contributed by atoms with Crippen molar-refractivity contribution in [1.82, 2.24) is 9.80 Å². The number of halogens is 2. The van der Waals surface area contributed by atoms with Crippen LogP contribution in [0.5, 0.6) is 0 Å². The van der Waals surface area contributed by atoms with Gasteiger partial charge in [-0.3, -0.25) is 9.59 Å². The van der Waals surface area contributed by atoms with Crippen LogP contribution < -0.4 is 0 Å². The first-order valence-corrected chi connectivity index (χ1v) is 9.03. The Morgan fingerprint density at radius 3 is 2.56 bits per heavy atom. The van der Waals surface area contributed by atoms with Crippen molar-refractivity contribution < 1.29 is 27.8 Å². The third-order valence-electron chi connectivity index (χ3n) is 5.29. The van der Waals surface area contributed by atoms with E-state index < -0.39 is 17.5 Å². The lowest BCUT2D eigenvalue weighted by Crippen LogP contribution is -2.55. The summed E-state index contributed by atoms with van der Waals surface area (Å²) in [6.07, 6.45) is 1.59. The highest BCUT2D eigenvalue weighted by molar-refractivity contribution is 5.94. The summed E-state index contributed by atoms with van der Waals surface area (Å²) in [7, 11) is 3.28.